The number of hydrogen-bond donors (Lipinski definition) is 0. The standard InChI is InChI=1S/C26H30N2O4S/c1-6-32-24(30)22-15-33-26(28(22)23(29)16(2)3)20-13-18(5)9-12-21(20)27(25(26)31)14-19-10-7-17(4)8-11-19/h7-13,16,22H,6,14-15H2,1-5H3. The van der Waals surface area contributed by atoms with Crippen LogP contribution in [0.2, 0.25) is 0 Å². The zero-order chi connectivity index (χ0) is 23.9. The van der Waals surface area contributed by atoms with E-state index >= 15 is 0 Å². The first-order valence-corrected chi connectivity index (χ1v) is 12.3. The average molecular weight is 467 g/mol. The lowest BCUT2D eigenvalue weighted by molar-refractivity contribution is -0.158. The highest BCUT2D eigenvalue weighted by Gasteiger charge is 2.63. The zero-order valence-electron chi connectivity index (χ0n) is 19.8. The van der Waals surface area contributed by atoms with Gasteiger partial charge in [0.15, 0.2) is 4.87 Å². The quantitative estimate of drug-likeness (QED) is 0.619. The number of benzene rings is 2. The van der Waals surface area contributed by atoms with Crippen LogP contribution in [0, 0.1) is 19.8 Å². The minimum atomic E-state index is -1.27. The molecule has 1 spiro atoms. The maximum atomic E-state index is 14.2. The molecule has 7 heteroatoms. The summed E-state index contributed by atoms with van der Waals surface area (Å²) in [7, 11) is 0. The maximum Gasteiger partial charge on any atom is 0.329 e. The number of esters is 1. The van der Waals surface area contributed by atoms with Crippen molar-refractivity contribution in [2.45, 2.75) is 52.1 Å². The monoisotopic (exact) mass is 466 g/mol. The molecular formula is C26H30N2O4S. The summed E-state index contributed by atoms with van der Waals surface area (Å²) >= 11 is 1.36. The third kappa shape index (κ3) is 3.82. The third-order valence-corrected chi connectivity index (χ3v) is 7.69. The van der Waals surface area contributed by atoms with Crippen molar-refractivity contribution < 1.29 is 19.1 Å². The highest BCUT2D eigenvalue weighted by atomic mass is 32.2. The summed E-state index contributed by atoms with van der Waals surface area (Å²) < 4.78 is 5.30. The van der Waals surface area contributed by atoms with Gasteiger partial charge in [0.25, 0.3) is 5.91 Å². The van der Waals surface area contributed by atoms with E-state index in [-0.39, 0.29) is 24.3 Å². The van der Waals surface area contributed by atoms with E-state index in [1.807, 2.05) is 56.3 Å². The van der Waals surface area contributed by atoms with Gasteiger partial charge in [0.1, 0.15) is 6.04 Å². The number of rotatable bonds is 5. The Labute approximate surface area is 199 Å². The van der Waals surface area contributed by atoms with Gasteiger partial charge < -0.3 is 14.5 Å². The molecule has 0 aliphatic carbocycles. The third-order valence-electron chi connectivity index (χ3n) is 6.20. The molecule has 2 atom stereocenters. The van der Waals surface area contributed by atoms with Crippen LogP contribution in [0.15, 0.2) is 42.5 Å². The minimum Gasteiger partial charge on any atom is -0.464 e. The molecule has 2 aromatic rings. The van der Waals surface area contributed by atoms with Crippen LogP contribution < -0.4 is 4.90 Å². The van der Waals surface area contributed by atoms with Crippen molar-refractivity contribution in [2.75, 3.05) is 17.3 Å². The Balaban J connectivity index is 1.84. The first-order valence-electron chi connectivity index (χ1n) is 11.3. The number of carbonyl (C=O) groups is 3. The number of thioether (sulfide) groups is 1. The Kier molecular flexibility index (Phi) is 6.27. The zero-order valence-corrected chi connectivity index (χ0v) is 20.6. The summed E-state index contributed by atoms with van der Waals surface area (Å²) in [6.07, 6.45) is 0. The summed E-state index contributed by atoms with van der Waals surface area (Å²) in [4.78, 5) is 42.5. The number of fused-ring (bicyclic) bond motifs is 2. The molecule has 0 saturated carbocycles. The largest absolute Gasteiger partial charge is 0.464 e. The van der Waals surface area contributed by atoms with Gasteiger partial charge in [-0.2, -0.15) is 0 Å². The summed E-state index contributed by atoms with van der Waals surface area (Å²) in [5, 5.41) is 0. The van der Waals surface area contributed by atoms with E-state index in [9.17, 15) is 14.4 Å². The molecule has 1 saturated heterocycles. The lowest BCUT2D eigenvalue weighted by atomic mass is 10.00. The van der Waals surface area contributed by atoms with Gasteiger partial charge in [-0.15, -0.1) is 11.8 Å². The van der Waals surface area contributed by atoms with Crippen molar-refractivity contribution in [1.29, 1.82) is 0 Å². The molecule has 4 rings (SSSR count). The second kappa shape index (κ2) is 8.86. The van der Waals surface area contributed by atoms with Crippen LogP contribution in [0.5, 0.6) is 0 Å². The number of ether oxygens (including phenoxy) is 1. The SMILES string of the molecule is CCOC(=O)C1CSC2(C(=O)N(Cc3ccc(C)cc3)c3ccc(C)cc32)N1C(=O)C(C)C. The molecule has 1 fully saturated rings. The second-order valence-corrected chi connectivity index (χ2v) is 10.2. The lowest BCUT2D eigenvalue weighted by Crippen LogP contribution is -2.56. The first kappa shape index (κ1) is 23.4. The number of aryl methyl sites for hydroxylation is 2. The van der Waals surface area contributed by atoms with Crippen LogP contribution >= 0.6 is 11.8 Å². The van der Waals surface area contributed by atoms with Crippen molar-refractivity contribution in [3.63, 3.8) is 0 Å². The average Bonchev–Trinajstić information content (AvgIpc) is 3.28. The predicted molar refractivity (Wildman–Crippen MR) is 130 cm³/mol. The lowest BCUT2D eigenvalue weighted by Gasteiger charge is -2.36. The topological polar surface area (TPSA) is 66.9 Å². The number of carbonyl (C=O) groups excluding carboxylic acids is 3. The highest BCUT2D eigenvalue weighted by Crippen LogP contribution is 2.56. The molecule has 174 valence electrons. The van der Waals surface area contributed by atoms with Gasteiger partial charge in [0, 0.05) is 17.2 Å². The summed E-state index contributed by atoms with van der Waals surface area (Å²) in [5.74, 6) is -0.931. The van der Waals surface area contributed by atoms with Gasteiger partial charge >= 0.3 is 5.97 Å². The number of anilines is 1. The fraction of sp³-hybridized carbons (Fsp3) is 0.423. The normalized spacial score (nSPS) is 21.8. The van der Waals surface area contributed by atoms with Gasteiger partial charge in [0.2, 0.25) is 5.91 Å². The van der Waals surface area contributed by atoms with Crippen LogP contribution in [0.3, 0.4) is 0 Å². The summed E-state index contributed by atoms with van der Waals surface area (Å²) in [6, 6.07) is 13.2. The van der Waals surface area contributed by atoms with Crippen molar-refractivity contribution in [3.8, 4) is 0 Å². The number of amides is 2. The molecule has 2 aliphatic heterocycles. The first-order chi connectivity index (χ1) is 15.7. The van der Waals surface area contributed by atoms with Crippen LogP contribution in [0.25, 0.3) is 0 Å². The Morgan fingerprint density at radius 3 is 2.42 bits per heavy atom. The molecule has 2 unspecified atom stereocenters. The van der Waals surface area contributed by atoms with Crippen molar-refractivity contribution in [1.82, 2.24) is 4.90 Å². The molecule has 2 amide bonds. The fourth-order valence-corrected chi connectivity index (χ4v) is 6.12. The molecule has 0 radical (unpaired) electrons. The number of hydrogen-bond acceptors (Lipinski definition) is 5. The van der Waals surface area contributed by atoms with Crippen molar-refractivity contribution in [3.05, 3.63) is 64.7 Å². The van der Waals surface area contributed by atoms with Gasteiger partial charge in [-0.25, -0.2) is 4.79 Å². The van der Waals surface area contributed by atoms with E-state index in [1.54, 1.807) is 25.7 Å². The van der Waals surface area contributed by atoms with E-state index in [4.69, 9.17) is 4.74 Å². The molecule has 2 aromatic carbocycles. The van der Waals surface area contributed by atoms with Crippen LogP contribution in [0.1, 0.15) is 43.0 Å². The predicted octanol–water partition coefficient (Wildman–Crippen LogP) is 4.17. The summed E-state index contributed by atoms with van der Waals surface area (Å²) in [5.41, 5.74) is 4.70. The van der Waals surface area contributed by atoms with E-state index in [0.29, 0.717) is 12.3 Å². The molecule has 2 aliphatic rings. The Morgan fingerprint density at radius 1 is 1.12 bits per heavy atom. The molecule has 2 heterocycles. The van der Waals surface area contributed by atoms with Gasteiger partial charge in [0.05, 0.1) is 18.8 Å². The molecule has 33 heavy (non-hydrogen) atoms. The number of nitrogens with zero attached hydrogens (tertiary/aromatic N) is 2. The Morgan fingerprint density at radius 2 is 1.79 bits per heavy atom. The smallest absolute Gasteiger partial charge is 0.329 e. The van der Waals surface area contributed by atoms with Gasteiger partial charge in [-0.1, -0.05) is 61.4 Å². The fourth-order valence-electron chi connectivity index (χ4n) is 4.53. The molecular weight excluding hydrogens is 436 g/mol. The van der Waals surface area contributed by atoms with E-state index in [2.05, 4.69) is 0 Å². The van der Waals surface area contributed by atoms with Crippen LogP contribution in [0.4, 0.5) is 5.69 Å². The Hall–Kier alpha value is -2.80. The minimum absolute atomic E-state index is 0.186. The van der Waals surface area contributed by atoms with E-state index in [1.165, 1.54) is 16.7 Å². The maximum absolute atomic E-state index is 14.2. The van der Waals surface area contributed by atoms with Gasteiger partial charge in [-0.3, -0.25) is 9.59 Å². The summed E-state index contributed by atoms with van der Waals surface area (Å²) in [6.45, 7) is 9.94. The van der Waals surface area contributed by atoms with E-state index < -0.39 is 16.9 Å². The van der Waals surface area contributed by atoms with Crippen LogP contribution in [-0.4, -0.2) is 41.1 Å². The molecule has 0 aromatic heterocycles. The molecule has 6 nitrogen and oxygen atoms in total. The second-order valence-electron chi connectivity index (χ2n) is 8.98. The van der Waals surface area contributed by atoms with E-state index in [0.717, 1.165) is 27.9 Å². The van der Waals surface area contributed by atoms with Crippen molar-refractivity contribution >= 4 is 35.2 Å². The van der Waals surface area contributed by atoms with Crippen LogP contribution in [-0.2, 0) is 30.5 Å². The Bertz CT molecular complexity index is 1100. The molecule has 0 bridgehead atoms. The van der Waals surface area contributed by atoms with Gasteiger partial charge in [-0.05, 0) is 32.4 Å². The highest BCUT2D eigenvalue weighted by molar-refractivity contribution is 8.01. The van der Waals surface area contributed by atoms with Crippen molar-refractivity contribution in [2.24, 2.45) is 5.92 Å². The molecule has 0 N–H and O–H groups in total.